The Balaban J connectivity index is 1.51. The fraction of sp³-hybridized carbons (Fsp3) is 0.500. The zero-order valence-electron chi connectivity index (χ0n) is 15.8. The van der Waals surface area contributed by atoms with Gasteiger partial charge >= 0.3 is 6.03 Å². The molecule has 1 aromatic carbocycles. The number of nitrogens with zero attached hydrogens (tertiary/aromatic N) is 3. The summed E-state index contributed by atoms with van der Waals surface area (Å²) < 4.78 is 34.1. The third-order valence-corrected chi connectivity index (χ3v) is 4.38. The number of rotatable bonds is 8. The summed E-state index contributed by atoms with van der Waals surface area (Å²) in [7, 11) is 2.98. The first-order valence-corrected chi connectivity index (χ1v) is 8.89. The van der Waals surface area contributed by atoms with Crippen molar-refractivity contribution < 1.29 is 27.9 Å². The van der Waals surface area contributed by atoms with Crippen molar-refractivity contribution in [3.05, 3.63) is 35.7 Å². The average Bonchev–Trinajstić information content (AvgIpc) is 3.35. The average molecular weight is 394 g/mol. The van der Waals surface area contributed by atoms with Crippen molar-refractivity contribution in [1.29, 1.82) is 0 Å². The van der Waals surface area contributed by atoms with E-state index in [-0.39, 0.29) is 24.3 Å². The highest BCUT2D eigenvalue weighted by Gasteiger charge is 2.30. The van der Waals surface area contributed by atoms with Gasteiger partial charge in [0.25, 0.3) is 5.89 Å². The summed E-state index contributed by atoms with van der Waals surface area (Å²) in [5.41, 5.74) is 0.363. The highest BCUT2D eigenvalue weighted by Crippen LogP contribution is 2.26. The second-order valence-corrected chi connectivity index (χ2v) is 6.30. The number of likely N-dealkylation sites (tertiary alicyclic amines) is 1. The molecule has 1 aliphatic rings. The molecule has 0 saturated carbocycles. The van der Waals surface area contributed by atoms with E-state index in [4.69, 9.17) is 18.7 Å². The van der Waals surface area contributed by atoms with Gasteiger partial charge in [0.2, 0.25) is 0 Å². The number of halogens is 1. The number of hydrogen-bond donors (Lipinski definition) is 1. The minimum atomic E-state index is -0.536. The van der Waals surface area contributed by atoms with Crippen molar-refractivity contribution in [2.75, 3.05) is 45.8 Å². The predicted molar refractivity (Wildman–Crippen MR) is 96.7 cm³/mol. The molecule has 152 valence electrons. The third-order valence-electron chi connectivity index (χ3n) is 4.38. The van der Waals surface area contributed by atoms with Crippen molar-refractivity contribution in [1.82, 2.24) is 15.0 Å². The molecule has 2 heterocycles. The van der Waals surface area contributed by atoms with Gasteiger partial charge in [-0.1, -0.05) is 5.16 Å². The van der Waals surface area contributed by atoms with Crippen LogP contribution in [-0.4, -0.2) is 61.6 Å². The monoisotopic (exact) mass is 394 g/mol. The zero-order chi connectivity index (χ0) is 19.9. The summed E-state index contributed by atoms with van der Waals surface area (Å²) >= 11 is 0. The first-order chi connectivity index (χ1) is 13.6. The maximum absolute atomic E-state index is 13.8. The molecule has 2 aromatic rings. The van der Waals surface area contributed by atoms with Crippen molar-refractivity contribution in [2.45, 2.75) is 18.9 Å². The Kier molecular flexibility index (Phi) is 6.77. The SMILES string of the molecule is COCCOCc1nc(C2CCN(C(=O)Nc3ccc(OC)c(F)c3)C2)no1. The van der Waals surface area contributed by atoms with Gasteiger partial charge in [-0.05, 0) is 18.6 Å². The van der Waals surface area contributed by atoms with Crippen LogP contribution in [0.5, 0.6) is 5.75 Å². The second kappa shape index (κ2) is 9.47. The molecule has 1 aliphatic heterocycles. The molecular formula is C18H23FN4O5. The van der Waals surface area contributed by atoms with Gasteiger partial charge in [-0.2, -0.15) is 4.98 Å². The summed E-state index contributed by atoms with van der Waals surface area (Å²) in [4.78, 5) is 18.4. The van der Waals surface area contributed by atoms with E-state index in [1.54, 1.807) is 18.1 Å². The fourth-order valence-electron chi connectivity index (χ4n) is 2.90. The Morgan fingerprint density at radius 2 is 2.25 bits per heavy atom. The van der Waals surface area contributed by atoms with Gasteiger partial charge < -0.3 is 29.0 Å². The number of amides is 2. The van der Waals surface area contributed by atoms with Gasteiger partial charge in [0, 0.05) is 37.9 Å². The Hall–Kier alpha value is -2.72. The number of carbonyl (C=O) groups excluding carboxylic acids is 1. The van der Waals surface area contributed by atoms with Crippen molar-refractivity contribution in [3.63, 3.8) is 0 Å². The van der Waals surface area contributed by atoms with Crippen LogP contribution in [0.15, 0.2) is 22.7 Å². The summed E-state index contributed by atoms with van der Waals surface area (Å²) in [6.07, 6.45) is 0.716. The van der Waals surface area contributed by atoms with Gasteiger partial charge in [0.05, 0.1) is 20.3 Å². The van der Waals surface area contributed by atoms with Crippen LogP contribution >= 0.6 is 0 Å². The van der Waals surface area contributed by atoms with E-state index in [1.165, 1.54) is 19.2 Å². The summed E-state index contributed by atoms with van der Waals surface area (Å²) in [5.74, 6) is 0.513. The smallest absolute Gasteiger partial charge is 0.321 e. The number of anilines is 1. The summed E-state index contributed by atoms with van der Waals surface area (Å²) in [6.45, 7) is 2.15. The second-order valence-electron chi connectivity index (χ2n) is 6.30. The normalized spacial score (nSPS) is 16.4. The number of urea groups is 1. The van der Waals surface area contributed by atoms with Crippen LogP contribution in [0.25, 0.3) is 0 Å². The molecule has 0 aliphatic carbocycles. The van der Waals surface area contributed by atoms with Crippen LogP contribution in [0.2, 0.25) is 0 Å². The maximum Gasteiger partial charge on any atom is 0.321 e. The predicted octanol–water partition coefficient (Wildman–Crippen LogP) is 2.40. The van der Waals surface area contributed by atoms with E-state index < -0.39 is 5.82 Å². The summed E-state index contributed by atoms with van der Waals surface area (Å²) in [5, 5.41) is 6.67. The number of carbonyl (C=O) groups is 1. The van der Waals surface area contributed by atoms with Crippen LogP contribution in [0.4, 0.5) is 14.9 Å². The molecule has 1 unspecified atom stereocenters. The van der Waals surface area contributed by atoms with E-state index >= 15 is 0 Å². The lowest BCUT2D eigenvalue weighted by Gasteiger charge is -2.17. The Labute approximate surface area is 161 Å². The van der Waals surface area contributed by atoms with Crippen LogP contribution in [0.3, 0.4) is 0 Å². The minimum absolute atomic E-state index is 0.0187. The van der Waals surface area contributed by atoms with Crippen LogP contribution in [0.1, 0.15) is 24.1 Å². The van der Waals surface area contributed by atoms with Crippen molar-refractivity contribution in [3.8, 4) is 5.75 Å². The van der Waals surface area contributed by atoms with E-state index in [2.05, 4.69) is 15.5 Å². The molecule has 0 bridgehead atoms. The van der Waals surface area contributed by atoms with Gasteiger partial charge in [-0.15, -0.1) is 0 Å². The molecule has 2 amide bonds. The molecular weight excluding hydrogens is 371 g/mol. The third kappa shape index (κ3) is 4.96. The highest BCUT2D eigenvalue weighted by molar-refractivity contribution is 5.89. The molecule has 1 saturated heterocycles. The van der Waals surface area contributed by atoms with Gasteiger partial charge in [-0.3, -0.25) is 0 Å². The van der Waals surface area contributed by atoms with E-state index in [9.17, 15) is 9.18 Å². The first-order valence-electron chi connectivity index (χ1n) is 8.89. The standard InChI is InChI=1S/C18H23FN4O5/c1-25-7-8-27-11-16-21-17(22-28-16)12-5-6-23(10-12)18(24)20-13-3-4-15(26-2)14(19)9-13/h3-4,9,12H,5-8,10-11H2,1-2H3,(H,20,24). The number of benzene rings is 1. The van der Waals surface area contributed by atoms with Gasteiger partial charge in [0.1, 0.15) is 6.61 Å². The molecule has 3 rings (SSSR count). The van der Waals surface area contributed by atoms with Gasteiger partial charge in [0.15, 0.2) is 17.4 Å². The maximum atomic E-state index is 13.8. The zero-order valence-corrected chi connectivity index (χ0v) is 15.8. The quantitative estimate of drug-likeness (QED) is 0.687. The van der Waals surface area contributed by atoms with Gasteiger partial charge in [-0.25, -0.2) is 9.18 Å². The molecule has 9 nitrogen and oxygen atoms in total. The molecule has 1 fully saturated rings. The first kappa shape index (κ1) is 20.0. The van der Waals surface area contributed by atoms with Crippen LogP contribution in [0, 0.1) is 5.82 Å². The number of methoxy groups -OCH3 is 2. The number of aromatic nitrogens is 2. The molecule has 1 N–H and O–H groups in total. The fourth-order valence-corrected chi connectivity index (χ4v) is 2.90. The molecule has 28 heavy (non-hydrogen) atoms. The Bertz CT molecular complexity index is 800. The topological polar surface area (TPSA) is 99.0 Å². The van der Waals surface area contributed by atoms with E-state index in [0.29, 0.717) is 50.1 Å². The lowest BCUT2D eigenvalue weighted by molar-refractivity contribution is 0.0494. The molecule has 10 heteroatoms. The Morgan fingerprint density at radius 3 is 3.00 bits per heavy atom. The Morgan fingerprint density at radius 1 is 1.39 bits per heavy atom. The number of hydrogen-bond acceptors (Lipinski definition) is 7. The lowest BCUT2D eigenvalue weighted by Crippen LogP contribution is -2.32. The lowest BCUT2D eigenvalue weighted by atomic mass is 10.1. The number of ether oxygens (including phenoxy) is 3. The van der Waals surface area contributed by atoms with Crippen molar-refractivity contribution in [2.24, 2.45) is 0 Å². The number of nitrogens with one attached hydrogen (secondary N) is 1. The van der Waals surface area contributed by atoms with E-state index in [0.717, 1.165) is 0 Å². The van der Waals surface area contributed by atoms with Crippen LogP contribution < -0.4 is 10.1 Å². The highest BCUT2D eigenvalue weighted by atomic mass is 19.1. The van der Waals surface area contributed by atoms with Crippen LogP contribution in [-0.2, 0) is 16.1 Å². The molecule has 0 radical (unpaired) electrons. The minimum Gasteiger partial charge on any atom is -0.494 e. The summed E-state index contributed by atoms with van der Waals surface area (Å²) in [6, 6.07) is 3.97. The van der Waals surface area contributed by atoms with Crippen molar-refractivity contribution >= 4 is 11.7 Å². The molecule has 0 spiro atoms. The molecule has 1 atom stereocenters. The molecule has 1 aromatic heterocycles. The largest absolute Gasteiger partial charge is 0.494 e. The van der Waals surface area contributed by atoms with E-state index in [1.807, 2.05) is 0 Å².